The summed E-state index contributed by atoms with van der Waals surface area (Å²) in [4.78, 5) is 34.7. The van der Waals surface area contributed by atoms with E-state index >= 15 is 0 Å². The second-order valence-corrected chi connectivity index (χ2v) is 5.56. The first-order valence-electron chi connectivity index (χ1n) is 7.67. The van der Waals surface area contributed by atoms with Gasteiger partial charge >= 0.3 is 5.97 Å². The van der Waals surface area contributed by atoms with E-state index in [-0.39, 0.29) is 29.3 Å². The minimum atomic E-state index is -0.769. The number of carbonyl (C=O) groups excluding carboxylic acids is 2. The van der Waals surface area contributed by atoms with Crippen LogP contribution in [0.4, 0.5) is 4.39 Å². The maximum Gasteiger partial charge on any atom is 0.344 e. The summed E-state index contributed by atoms with van der Waals surface area (Å²) in [5, 5.41) is 0.118. The molecule has 1 heterocycles. The molecule has 2 aromatic rings. The molecule has 0 N–H and O–H groups in total. The fraction of sp³-hybridized carbons (Fsp3) is 0.353. The number of pyridine rings is 1. The lowest BCUT2D eigenvalue weighted by molar-refractivity contribution is -0.145. The highest BCUT2D eigenvalue weighted by molar-refractivity contribution is 5.87. The van der Waals surface area contributed by atoms with Gasteiger partial charge in [0, 0.05) is 23.7 Å². The van der Waals surface area contributed by atoms with Crippen LogP contribution < -0.4 is 10.2 Å². The molecule has 0 radical (unpaired) electrons. The molecule has 1 aromatic carbocycles. The van der Waals surface area contributed by atoms with Crippen LogP contribution in [0.2, 0.25) is 0 Å². The predicted molar refractivity (Wildman–Crippen MR) is 84.0 cm³/mol. The van der Waals surface area contributed by atoms with Crippen LogP contribution in [-0.4, -0.2) is 30.0 Å². The van der Waals surface area contributed by atoms with E-state index in [4.69, 9.17) is 9.47 Å². The Morgan fingerprint density at radius 2 is 2.17 bits per heavy atom. The van der Waals surface area contributed by atoms with Crippen molar-refractivity contribution in [2.45, 2.75) is 25.8 Å². The molecule has 126 valence electrons. The minimum absolute atomic E-state index is 0.00556. The van der Waals surface area contributed by atoms with Gasteiger partial charge in [0.2, 0.25) is 0 Å². The molecule has 1 saturated carbocycles. The number of carbonyl (C=O) groups is 2. The number of hydrogen-bond donors (Lipinski definition) is 0. The lowest BCUT2D eigenvalue weighted by Gasteiger charge is -2.13. The van der Waals surface area contributed by atoms with Crippen molar-refractivity contribution < 1.29 is 23.5 Å². The fourth-order valence-corrected chi connectivity index (χ4v) is 2.56. The van der Waals surface area contributed by atoms with Crippen molar-refractivity contribution in [3.8, 4) is 5.75 Å². The Morgan fingerprint density at radius 3 is 2.79 bits per heavy atom. The van der Waals surface area contributed by atoms with Gasteiger partial charge in [-0.1, -0.05) is 0 Å². The van der Waals surface area contributed by atoms with Gasteiger partial charge in [0.15, 0.2) is 29.9 Å². The van der Waals surface area contributed by atoms with Crippen molar-refractivity contribution in [3.63, 3.8) is 0 Å². The lowest BCUT2D eigenvalue weighted by atomic mass is 10.1. The number of aldehydes is 1. The molecule has 0 aliphatic heterocycles. The lowest BCUT2D eigenvalue weighted by Crippen LogP contribution is -2.17. The number of halogens is 1. The second-order valence-electron chi connectivity index (χ2n) is 5.56. The van der Waals surface area contributed by atoms with E-state index in [2.05, 4.69) is 0 Å². The molecular formula is C17H16FNO5. The third-order valence-corrected chi connectivity index (χ3v) is 3.83. The Bertz CT molecular complexity index is 869. The van der Waals surface area contributed by atoms with E-state index in [0.29, 0.717) is 11.8 Å². The average molecular weight is 333 g/mol. The van der Waals surface area contributed by atoms with E-state index in [0.717, 1.165) is 18.9 Å². The molecule has 6 nitrogen and oxygen atoms in total. The molecule has 7 heteroatoms. The highest BCUT2D eigenvalue weighted by Gasteiger charge is 2.26. The van der Waals surface area contributed by atoms with E-state index < -0.39 is 23.8 Å². The van der Waals surface area contributed by atoms with Crippen LogP contribution in [0.25, 0.3) is 10.9 Å². The van der Waals surface area contributed by atoms with Crippen molar-refractivity contribution in [2.24, 2.45) is 0 Å². The van der Waals surface area contributed by atoms with Crippen LogP contribution in [0.5, 0.6) is 5.75 Å². The van der Waals surface area contributed by atoms with Crippen molar-refractivity contribution in [1.29, 1.82) is 0 Å². The topological polar surface area (TPSA) is 74.6 Å². The van der Waals surface area contributed by atoms with Gasteiger partial charge in [0.05, 0.1) is 17.7 Å². The molecule has 1 aliphatic carbocycles. The number of nitrogens with zero attached hydrogens (tertiary/aromatic N) is 1. The highest BCUT2D eigenvalue weighted by atomic mass is 19.1. The van der Waals surface area contributed by atoms with Crippen molar-refractivity contribution >= 4 is 23.2 Å². The molecular weight excluding hydrogens is 317 g/mol. The van der Waals surface area contributed by atoms with Crippen LogP contribution in [-0.2, 0) is 9.53 Å². The maximum atomic E-state index is 14.2. The largest absolute Gasteiger partial charge is 0.479 e. The number of fused-ring (bicyclic) bond motifs is 1. The van der Waals surface area contributed by atoms with Crippen LogP contribution in [0.15, 0.2) is 23.1 Å². The Morgan fingerprint density at radius 1 is 1.42 bits per heavy atom. The number of esters is 1. The molecule has 1 fully saturated rings. The van der Waals surface area contributed by atoms with Gasteiger partial charge in [-0.2, -0.15) is 0 Å². The summed E-state index contributed by atoms with van der Waals surface area (Å²) in [6.45, 7) is 1.45. The summed E-state index contributed by atoms with van der Waals surface area (Å²) in [5.41, 5.74) is -0.0462. The fourth-order valence-electron chi connectivity index (χ4n) is 2.56. The van der Waals surface area contributed by atoms with Crippen LogP contribution in [0.3, 0.4) is 0 Å². The zero-order valence-corrected chi connectivity index (χ0v) is 13.1. The molecule has 0 spiro atoms. The second kappa shape index (κ2) is 6.43. The standard InChI is InChI=1S/C17H16FNO5/c1-2-23-16(21)9-24-15-6-14-12(5-13(15)18)17(22)10(8-20)7-19(14)11-3-4-11/h5-8,11H,2-4,9H2,1H3. The SMILES string of the molecule is CCOC(=O)COc1cc2c(cc1F)c(=O)c(C=O)cn2C1CC1. The zero-order chi connectivity index (χ0) is 17.3. The highest BCUT2D eigenvalue weighted by Crippen LogP contribution is 2.37. The summed E-state index contributed by atoms with van der Waals surface area (Å²) in [6, 6.07) is 2.61. The summed E-state index contributed by atoms with van der Waals surface area (Å²) < 4.78 is 25.9. The van der Waals surface area contributed by atoms with Crippen LogP contribution in [0, 0.1) is 5.82 Å². The van der Waals surface area contributed by atoms with Crippen molar-refractivity contribution in [3.05, 3.63) is 39.9 Å². The first-order valence-corrected chi connectivity index (χ1v) is 7.67. The van der Waals surface area contributed by atoms with Gasteiger partial charge in [-0.05, 0) is 25.8 Å². The van der Waals surface area contributed by atoms with Gasteiger partial charge in [0.1, 0.15) is 0 Å². The molecule has 0 bridgehead atoms. The Hall–Kier alpha value is -2.70. The average Bonchev–Trinajstić information content (AvgIpc) is 3.39. The molecule has 1 aromatic heterocycles. The number of ether oxygens (including phenoxy) is 2. The van der Waals surface area contributed by atoms with Gasteiger partial charge in [-0.3, -0.25) is 9.59 Å². The molecule has 0 atom stereocenters. The summed E-state index contributed by atoms with van der Waals surface area (Å²) in [5.74, 6) is -1.51. The maximum absolute atomic E-state index is 14.2. The predicted octanol–water partition coefficient (Wildman–Crippen LogP) is 2.23. The van der Waals surface area contributed by atoms with Gasteiger partial charge in [-0.15, -0.1) is 0 Å². The third kappa shape index (κ3) is 3.02. The van der Waals surface area contributed by atoms with Crippen LogP contribution >= 0.6 is 0 Å². The van der Waals surface area contributed by atoms with E-state index in [9.17, 15) is 18.8 Å². The summed E-state index contributed by atoms with van der Waals surface area (Å²) in [6.07, 6.45) is 3.81. The molecule has 3 rings (SSSR count). The van der Waals surface area contributed by atoms with Gasteiger partial charge < -0.3 is 14.0 Å². The molecule has 1 aliphatic rings. The third-order valence-electron chi connectivity index (χ3n) is 3.83. The van der Waals surface area contributed by atoms with Crippen molar-refractivity contribution in [1.82, 2.24) is 4.57 Å². The number of rotatable bonds is 6. The number of benzene rings is 1. The smallest absolute Gasteiger partial charge is 0.344 e. The summed E-state index contributed by atoms with van der Waals surface area (Å²) >= 11 is 0. The molecule has 0 unspecified atom stereocenters. The molecule has 0 amide bonds. The Labute approximate surface area is 136 Å². The molecule has 24 heavy (non-hydrogen) atoms. The minimum Gasteiger partial charge on any atom is -0.479 e. The van der Waals surface area contributed by atoms with E-state index in [1.54, 1.807) is 11.5 Å². The number of hydrogen-bond acceptors (Lipinski definition) is 5. The Kier molecular flexibility index (Phi) is 4.33. The zero-order valence-electron chi connectivity index (χ0n) is 13.1. The van der Waals surface area contributed by atoms with E-state index in [1.165, 1.54) is 12.3 Å². The van der Waals surface area contributed by atoms with Crippen LogP contribution in [0.1, 0.15) is 36.2 Å². The quantitative estimate of drug-likeness (QED) is 0.599. The van der Waals surface area contributed by atoms with E-state index in [1.807, 2.05) is 0 Å². The first kappa shape index (κ1) is 16.2. The molecule has 0 saturated heterocycles. The Balaban J connectivity index is 2.05. The summed E-state index contributed by atoms with van der Waals surface area (Å²) in [7, 11) is 0. The monoisotopic (exact) mass is 333 g/mol. The first-order chi connectivity index (χ1) is 11.5. The number of aromatic nitrogens is 1. The normalized spacial score (nSPS) is 13.8. The van der Waals surface area contributed by atoms with Gasteiger partial charge in [-0.25, -0.2) is 9.18 Å². The van der Waals surface area contributed by atoms with Crippen molar-refractivity contribution in [2.75, 3.05) is 13.2 Å². The van der Waals surface area contributed by atoms with Gasteiger partial charge in [0.25, 0.3) is 0 Å².